The fraction of sp³-hybridized carbons (Fsp3) is 0.750. The van der Waals surface area contributed by atoms with Gasteiger partial charge in [-0.3, -0.25) is 9.48 Å². The van der Waals surface area contributed by atoms with Crippen LogP contribution >= 0.6 is 0 Å². The highest BCUT2D eigenvalue weighted by atomic mass is 19.4. The van der Waals surface area contributed by atoms with Crippen LogP contribution < -0.4 is 0 Å². The number of carbonyl (C=O) groups is 1. The second-order valence-corrected chi connectivity index (χ2v) is 6.64. The largest absolute Gasteiger partial charge is 0.435 e. The van der Waals surface area contributed by atoms with Crippen LogP contribution in [0.1, 0.15) is 35.4 Å². The Labute approximate surface area is 144 Å². The van der Waals surface area contributed by atoms with Crippen LogP contribution in [0.3, 0.4) is 0 Å². The SMILES string of the molecule is Cn1nc(C(F)(F)F)cc1C(=O)N1CCCO[C@H](CN2CCCC2)C1. The molecule has 1 aromatic rings. The van der Waals surface area contributed by atoms with Crippen LogP contribution in [-0.4, -0.2) is 70.9 Å². The molecule has 0 spiro atoms. The van der Waals surface area contributed by atoms with E-state index >= 15 is 0 Å². The molecule has 0 aliphatic carbocycles. The second-order valence-electron chi connectivity index (χ2n) is 6.64. The van der Waals surface area contributed by atoms with Crippen LogP contribution in [0.25, 0.3) is 0 Å². The highest BCUT2D eigenvalue weighted by Gasteiger charge is 2.36. The summed E-state index contributed by atoms with van der Waals surface area (Å²) in [7, 11) is 1.36. The summed E-state index contributed by atoms with van der Waals surface area (Å²) in [6, 6.07) is 0.823. The van der Waals surface area contributed by atoms with E-state index in [9.17, 15) is 18.0 Å². The predicted molar refractivity (Wildman–Crippen MR) is 84.1 cm³/mol. The zero-order valence-corrected chi connectivity index (χ0v) is 14.3. The normalized spacial score (nSPS) is 23.0. The maximum Gasteiger partial charge on any atom is 0.435 e. The molecule has 0 N–H and O–H groups in total. The van der Waals surface area contributed by atoms with Gasteiger partial charge < -0.3 is 14.5 Å². The summed E-state index contributed by atoms with van der Waals surface area (Å²) in [5.41, 5.74) is -1.09. The Hall–Kier alpha value is -1.61. The lowest BCUT2D eigenvalue weighted by atomic mass is 10.2. The summed E-state index contributed by atoms with van der Waals surface area (Å²) < 4.78 is 45.3. The summed E-state index contributed by atoms with van der Waals surface area (Å²) in [5.74, 6) is -0.428. The minimum Gasteiger partial charge on any atom is -0.375 e. The molecule has 2 aliphatic heterocycles. The molecule has 2 aliphatic rings. The summed E-state index contributed by atoms with van der Waals surface area (Å²) >= 11 is 0. The molecule has 9 heteroatoms. The van der Waals surface area contributed by atoms with Crippen molar-refractivity contribution in [2.24, 2.45) is 7.05 Å². The number of hydrogen-bond acceptors (Lipinski definition) is 4. The summed E-state index contributed by atoms with van der Waals surface area (Å²) in [6.07, 6.45) is -1.65. The molecule has 0 aromatic carbocycles. The van der Waals surface area contributed by atoms with Crippen molar-refractivity contribution in [1.29, 1.82) is 0 Å². The minimum absolute atomic E-state index is 0.0471. The van der Waals surface area contributed by atoms with Crippen molar-refractivity contribution in [3.05, 3.63) is 17.5 Å². The summed E-state index contributed by atoms with van der Waals surface area (Å²) in [6.45, 7) is 4.24. The second kappa shape index (κ2) is 7.33. The van der Waals surface area contributed by atoms with E-state index in [1.807, 2.05) is 0 Å². The Morgan fingerprint density at radius 3 is 2.64 bits per heavy atom. The first kappa shape index (κ1) is 18.2. The summed E-state index contributed by atoms with van der Waals surface area (Å²) in [4.78, 5) is 16.6. The third-order valence-corrected chi connectivity index (χ3v) is 4.69. The number of alkyl halides is 3. The number of rotatable bonds is 3. The van der Waals surface area contributed by atoms with Gasteiger partial charge in [0, 0.05) is 39.4 Å². The molecule has 2 fully saturated rings. The quantitative estimate of drug-likeness (QED) is 0.824. The van der Waals surface area contributed by atoms with Crippen LogP contribution in [0.4, 0.5) is 13.2 Å². The highest BCUT2D eigenvalue weighted by molar-refractivity contribution is 5.92. The van der Waals surface area contributed by atoms with Gasteiger partial charge in [-0.25, -0.2) is 0 Å². The Morgan fingerprint density at radius 1 is 1.28 bits per heavy atom. The minimum atomic E-state index is -4.56. The molecule has 25 heavy (non-hydrogen) atoms. The number of halogens is 3. The van der Waals surface area contributed by atoms with E-state index in [0.29, 0.717) is 26.1 Å². The molecule has 1 amide bonds. The Balaban J connectivity index is 1.70. The molecule has 6 nitrogen and oxygen atoms in total. The van der Waals surface area contributed by atoms with Gasteiger partial charge in [0.25, 0.3) is 5.91 Å². The van der Waals surface area contributed by atoms with E-state index in [1.54, 1.807) is 4.90 Å². The molecule has 1 atom stereocenters. The zero-order valence-electron chi connectivity index (χ0n) is 14.3. The molecule has 2 saturated heterocycles. The van der Waals surface area contributed by atoms with Gasteiger partial charge in [0.05, 0.1) is 6.10 Å². The van der Waals surface area contributed by atoms with Crippen molar-refractivity contribution in [3.8, 4) is 0 Å². The molecule has 1 aromatic heterocycles. The fourth-order valence-electron chi connectivity index (χ4n) is 3.41. The zero-order chi connectivity index (χ0) is 18.0. The molecule has 0 unspecified atom stereocenters. The molecule has 3 heterocycles. The van der Waals surface area contributed by atoms with E-state index in [1.165, 1.54) is 19.9 Å². The summed E-state index contributed by atoms with van der Waals surface area (Å²) in [5, 5.41) is 3.43. The number of nitrogens with zero attached hydrogens (tertiary/aromatic N) is 4. The van der Waals surface area contributed by atoms with Crippen LogP contribution in [0.2, 0.25) is 0 Å². The van der Waals surface area contributed by atoms with Crippen molar-refractivity contribution in [2.45, 2.75) is 31.5 Å². The average molecular weight is 360 g/mol. The molecular formula is C16H23F3N4O2. The number of likely N-dealkylation sites (tertiary alicyclic amines) is 1. The van der Waals surface area contributed by atoms with Gasteiger partial charge >= 0.3 is 6.18 Å². The lowest BCUT2D eigenvalue weighted by Crippen LogP contribution is -2.42. The van der Waals surface area contributed by atoms with Gasteiger partial charge in [-0.1, -0.05) is 0 Å². The third-order valence-electron chi connectivity index (χ3n) is 4.69. The van der Waals surface area contributed by atoms with Crippen molar-refractivity contribution in [3.63, 3.8) is 0 Å². The Morgan fingerprint density at radius 2 is 2.00 bits per heavy atom. The number of amides is 1. The first-order chi connectivity index (χ1) is 11.8. The van der Waals surface area contributed by atoms with Crippen LogP contribution in [-0.2, 0) is 18.0 Å². The van der Waals surface area contributed by atoms with Gasteiger partial charge in [0.1, 0.15) is 5.69 Å². The van der Waals surface area contributed by atoms with Crippen LogP contribution in [0, 0.1) is 0 Å². The highest BCUT2D eigenvalue weighted by Crippen LogP contribution is 2.28. The smallest absolute Gasteiger partial charge is 0.375 e. The molecule has 3 rings (SSSR count). The van der Waals surface area contributed by atoms with Gasteiger partial charge in [-0.15, -0.1) is 0 Å². The lowest BCUT2D eigenvalue weighted by Gasteiger charge is -2.27. The third kappa shape index (κ3) is 4.33. The molecular weight excluding hydrogens is 337 g/mol. The maximum absolute atomic E-state index is 12.8. The predicted octanol–water partition coefficient (Wildman–Crippen LogP) is 1.77. The van der Waals surface area contributed by atoms with E-state index in [-0.39, 0.29) is 11.8 Å². The maximum atomic E-state index is 12.8. The number of ether oxygens (including phenoxy) is 1. The van der Waals surface area contributed by atoms with Gasteiger partial charge in [-0.05, 0) is 32.4 Å². The number of carbonyl (C=O) groups excluding carboxylic acids is 1. The standard InChI is InChI=1S/C16H23F3N4O2/c1-21-13(9-14(20-21)16(17,18)19)15(24)23-7-4-8-25-12(11-23)10-22-5-2-3-6-22/h9,12H,2-8,10-11H2,1H3/t12-/m1/s1. The number of aromatic nitrogens is 2. The van der Waals surface area contributed by atoms with Crippen molar-refractivity contribution in [1.82, 2.24) is 19.6 Å². The Bertz CT molecular complexity index is 611. The van der Waals surface area contributed by atoms with Gasteiger partial charge in [-0.2, -0.15) is 18.3 Å². The van der Waals surface area contributed by atoms with Crippen LogP contribution in [0.5, 0.6) is 0 Å². The van der Waals surface area contributed by atoms with Gasteiger partial charge in [0.15, 0.2) is 5.69 Å². The lowest BCUT2D eigenvalue weighted by molar-refractivity contribution is -0.141. The number of aryl methyl sites for hydroxylation is 1. The number of hydrogen-bond donors (Lipinski definition) is 0. The van der Waals surface area contributed by atoms with E-state index in [2.05, 4.69) is 10.00 Å². The van der Waals surface area contributed by atoms with Crippen LogP contribution in [0.15, 0.2) is 6.07 Å². The van der Waals surface area contributed by atoms with Crippen molar-refractivity contribution >= 4 is 5.91 Å². The molecule has 0 saturated carbocycles. The van der Waals surface area contributed by atoms with Crippen molar-refractivity contribution < 1.29 is 22.7 Å². The first-order valence-electron chi connectivity index (χ1n) is 8.59. The molecule has 140 valence electrons. The van der Waals surface area contributed by atoms with Gasteiger partial charge in [0.2, 0.25) is 0 Å². The fourth-order valence-corrected chi connectivity index (χ4v) is 3.41. The molecule has 0 radical (unpaired) electrons. The average Bonchev–Trinajstić information content (AvgIpc) is 3.12. The van der Waals surface area contributed by atoms with E-state index < -0.39 is 17.8 Å². The monoisotopic (exact) mass is 360 g/mol. The molecule has 0 bridgehead atoms. The van der Waals surface area contributed by atoms with E-state index in [4.69, 9.17) is 4.74 Å². The topological polar surface area (TPSA) is 50.6 Å². The van der Waals surface area contributed by atoms with Crippen molar-refractivity contribution in [2.75, 3.05) is 39.3 Å². The Kier molecular flexibility index (Phi) is 5.33. The van der Waals surface area contributed by atoms with E-state index in [0.717, 1.165) is 30.4 Å². The first-order valence-corrected chi connectivity index (χ1v) is 8.59.